The van der Waals surface area contributed by atoms with E-state index >= 15 is 0 Å². The number of halogens is 2. The zero-order chi connectivity index (χ0) is 10.1. The highest BCUT2D eigenvalue weighted by Crippen LogP contribution is 2.24. The van der Waals surface area contributed by atoms with Gasteiger partial charge in [0.25, 0.3) is 0 Å². The maximum atomic E-state index is 11.5. The number of alkyl halides is 1. The smallest absolute Gasteiger partial charge is 0.228 e. The quantitative estimate of drug-likeness (QED) is 0.582. The van der Waals surface area contributed by atoms with Gasteiger partial charge in [0.1, 0.15) is 5.15 Å². The fourth-order valence-electron chi connectivity index (χ4n) is 1.44. The van der Waals surface area contributed by atoms with Gasteiger partial charge in [0.15, 0.2) is 0 Å². The monoisotopic (exact) mass is 274 g/mol. The molecule has 0 radical (unpaired) electrons. The normalized spacial score (nSPS) is 21.7. The highest BCUT2D eigenvalue weighted by Gasteiger charge is 2.28. The second kappa shape index (κ2) is 3.87. The number of carbonyl (C=O) groups excluding carboxylic acids is 1. The lowest BCUT2D eigenvalue weighted by atomic mass is 10.4. The van der Waals surface area contributed by atoms with Crippen molar-refractivity contribution in [3.8, 4) is 0 Å². The molecule has 2 heterocycles. The lowest BCUT2D eigenvalue weighted by molar-refractivity contribution is -0.117. The summed E-state index contributed by atoms with van der Waals surface area (Å²) in [6, 6.07) is 3.49. The summed E-state index contributed by atoms with van der Waals surface area (Å²) in [5.41, 5.74) is 0.807. The first kappa shape index (κ1) is 9.93. The summed E-state index contributed by atoms with van der Waals surface area (Å²) in [6.45, 7) is 0.697. The lowest BCUT2D eigenvalue weighted by Gasteiger charge is -2.14. The van der Waals surface area contributed by atoms with Gasteiger partial charge in [-0.1, -0.05) is 27.5 Å². The summed E-state index contributed by atoms with van der Waals surface area (Å²) in [6.07, 6.45) is 2.16. The van der Waals surface area contributed by atoms with Crippen LogP contribution in [0.4, 0.5) is 5.69 Å². The van der Waals surface area contributed by atoms with Crippen LogP contribution < -0.4 is 4.90 Å². The Kier molecular flexibility index (Phi) is 2.74. The number of amides is 1. The molecule has 2 rings (SSSR count). The van der Waals surface area contributed by atoms with Crippen molar-refractivity contribution >= 4 is 39.1 Å². The zero-order valence-electron chi connectivity index (χ0n) is 7.28. The maximum Gasteiger partial charge on any atom is 0.228 e. The van der Waals surface area contributed by atoms with Crippen LogP contribution in [0.2, 0.25) is 5.15 Å². The zero-order valence-corrected chi connectivity index (χ0v) is 9.62. The number of aromatic nitrogens is 1. The third kappa shape index (κ3) is 1.91. The Hall–Kier alpha value is -0.610. The van der Waals surface area contributed by atoms with E-state index in [4.69, 9.17) is 11.6 Å². The molecule has 1 aliphatic rings. The highest BCUT2D eigenvalue weighted by molar-refractivity contribution is 9.09. The van der Waals surface area contributed by atoms with E-state index in [0.717, 1.165) is 5.69 Å². The van der Waals surface area contributed by atoms with E-state index in [1.54, 1.807) is 23.2 Å². The molecule has 0 aliphatic carbocycles. The number of anilines is 1. The van der Waals surface area contributed by atoms with Crippen LogP contribution in [0.15, 0.2) is 18.3 Å². The van der Waals surface area contributed by atoms with E-state index in [1.807, 2.05) is 0 Å². The SMILES string of the molecule is O=C1CC(Br)CN1c1ccc(Cl)nc1. The Morgan fingerprint density at radius 2 is 2.36 bits per heavy atom. The molecule has 0 aromatic carbocycles. The molecule has 1 amide bonds. The van der Waals surface area contributed by atoms with Crippen LogP contribution in [0.5, 0.6) is 0 Å². The number of carbonyl (C=O) groups is 1. The van der Waals surface area contributed by atoms with E-state index in [2.05, 4.69) is 20.9 Å². The summed E-state index contributed by atoms with van der Waals surface area (Å²) in [5.74, 6) is 0.121. The molecule has 1 aromatic rings. The van der Waals surface area contributed by atoms with Gasteiger partial charge in [-0.15, -0.1) is 0 Å². The largest absolute Gasteiger partial charge is 0.310 e. The van der Waals surface area contributed by atoms with Crippen molar-refractivity contribution < 1.29 is 4.79 Å². The van der Waals surface area contributed by atoms with Gasteiger partial charge < -0.3 is 4.90 Å². The number of rotatable bonds is 1. The number of hydrogen-bond acceptors (Lipinski definition) is 2. The minimum absolute atomic E-state index is 0.121. The van der Waals surface area contributed by atoms with Gasteiger partial charge in [-0.3, -0.25) is 4.79 Å². The van der Waals surface area contributed by atoms with Crippen LogP contribution >= 0.6 is 27.5 Å². The van der Waals surface area contributed by atoms with Crippen molar-refractivity contribution in [2.45, 2.75) is 11.2 Å². The predicted molar refractivity (Wildman–Crippen MR) is 58.9 cm³/mol. The first-order chi connectivity index (χ1) is 6.66. The molecule has 1 aliphatic heterocycles. The molecule has 5 heteroatoms. The Morgan fingerprint density at radius 1 is 1.57 bits per heavy atom. The van der Waals surface area contributed by atoms with Gasteiger partial charge in [0, 0.05) is 17.8 Å². The predicted octanol–water partition coefficient (Wildman–Crippen LogP) is 2.24. The van der Waals surface area contributed by atoms with Crippen LogP contribution in [0.3, 0.4) is 0 Å². The number of nitrogens with zero attached hydrogens (tertiary/aromatic N) is 2. The summed E-state index contributed by atoms with van der Waals surface area (Å²) in [4.78, 5) is 17.4. The summed E-state index contributed by atoms with van der Waals surface area (Å²) in [5, 5.41) is 0.441. The van der Waals surface area contributed by atoms with Gasteiger partial charge in [0.2, 0.25) is 5.91 Å². The van der Waals surface area contributed by atoms with E-state index in [1.165, 1.54) is 0 Å². The van der Waals surface area contributed by atoms with Crippen molar-refractivity contribution in [1.82, 2.24) is 4.98 Å². The van der Waals surface area contributed by atoms with Crippen molar-refractivity contribution in [3.63, 3.8) is 0 Å². The summed E-state index contributed by atoms with van der Waals surface area (Å²) in [7, 11) is 0. The topological polar surface area (TPSA) is 33.2 Å². The van der Waals surface area contributed by atoms with Gasteiger partial charge in [0.05, 0.1) is 11.9 Å². The number of hydrogen-bond donors (Lipinski definition) is 0. The second-order valence-corrected chi connectivity index (χ2v) is 4.83. The highest BCUT2D eigenvalue weighted by atomic mass is 79.9. The molecule has 1 unspecified atom stereocenters. The number of pyridine rings is 1. The van der Waals surface area contributed by atoms with Gasteiger partial charge in [-0.05, 0) is 12.1 Å². The van der Waals surface area contributed by atoms with Gasteiger partial charge in [-0.2, -0.15) is 0 Å². The summed E-state index contributed by atoms with van der Waals surface area (Å²) < 4.78 is 0. The lowest BCUT2D eigenvalue weighted by Crippen LogP contribution is -2.24. The molecule has 14 heavy (non-hydrogen) atoms. The Balaban J connectivity index is 2.23. The van der Waals surface area contributed by atoms with Crippen LogP contribution in [-0.2, 0) is 4.79 Å². The summed E-state index contributed by atoms with van der Waals surface area (Å²) >= 11 is 9.08. The van der Waals surface area contributed by atoms with Crippen molar-refractivity contribution in [2.75, 3.05) is 11.4 Å². The van der Waals surface area contributed by atoms with Crippen LogP contribution in [0.25, 0.3) is 0 Å². The van der Waals surface area contributed by atoms with Crippen molar-refractivity contribution in [2.24, 2.45) is 0 Å². The fraction of sp³-hybridized carbons (Fsp3) is 0.333. The molecular weight excluding hydrogens is 267 g/mol. The van der Waals surface area contributed by atoms with E-state index < -0.39 is 0 Å². The van der Waals surface area contributed by atoms with Crippen LogP contribution in [-0.4, -0.2) is 22.3 Å². The molecule has 3 nitrogen and oxygen atoms in total. The first-order valence-corrected chi connectivity index (χ1v) is 5.52. The van der Waals surface area contributed by atoms with Crippen LogP contribution in [0.1, 0.15) is 6.42 Å². The Morgan fingerprint density at radius 3 is 2.86 bits per heavy atom. The molecule has 0 N–H and O–H groups in total. The van der Waals surface area contributed by atoms with Crippen LogP contribution in [0, 0.1) is 0 Å². The fourth-order valence-corrected chi connectivity index (χ4v) is 2.12. The molecule has 74 valence electrons. The van der Waals surface area contributed by atoms with Crippen molar-refractivity contribution in [1.29, 1.82) is 0 Å². The second-order valence-electron chi connectivity index (χ2n) is 3.14. The Bertz CT molecular complexity index is 354. The van der Waals surface area contributed by atoms with E-state index in [-0.39, 0.29) is 10.7 Å². The molecule has 0 saturated carbocycles. The van der Waals surface area contributed by atoms with E-state index in [9.17, 15) is 4.79 Å². The average Bonchev–Trinajstić information content (AvgIpc) is 2.47. The maximum absolute atomic E-state index is 11.5. The van der Waals surface area contributed by atoms with E-state index in [0.29, 0.717) is 18.1 Å². The third-order valence-electron chi connectivity index (χ3n) is 2.10. The molecular formula is C9H8BrClN2O. The standard InChI is InChI=1S/C9H8BrClN2O/c10-6-3-9(14)13(5-6)7-1-2-8(11)12-4-7/h1-2,4,6H,3,5H2. The minimum Gasteiger partial charge on any atom is -0.310 e. The molecule has 1 saturated heterocycles. The third-order valence-corrected chi connectivity index (χ3v) is 2.94. The van der Waals surface area contributed by atoms with Crippen molar-refractivity contribution in [3.05, 3.63) is 23.5 Å². The minimum atomic E-state index is 0.121. The van der Waals surface area contributed by atoms with Gasteiger partial charge in [-0.25, -0.2) is 4.98 Å². The molecule has 1 fully saturated rings. The molecule has 1 aromatic heterocycles. The van der Waals surface area contributed by atoms with Gasteiger partial charge >= 0.3 is 0 Å². The molecule has 1 atom stereocenters. The Labute approximate surface area is 95.2 Å². The first-order valence-electron chi connectivity index (χ1n) is 4.23. The average molecular weight is 276 g/mol. The molecule has 0 bridgehead atoms. The molecule has 0 spiro atoms.